The maximum absolute atomic E-state index is 2.82. The Morgan fingerprint density at radius 2 is 1.63 bits per heavy atom. The molecule has 1 nitrogen and oxygen atoms in total. The zero-order chi connectivity index (χ0) is 17.8. The third-order valence-electron chi connectivity index (χ3n) is 8.36. The van der Waals surface area contributed by atoms with Gasteiger partial charge in [-0.05, 0) is 54.0 Å². The zero-order valence-electron chi connectivity index (χ0n) is 16.4. The smallest absolute Gasteiger partial charge is 0.0173 e. The first-order chi connectivity index (χ1) is 13.4. The topological polar surface area (TPSA) is 3.24 Å². The molecule has 140 valence electrons. The first-order valence-electron chi connectivity index (χ1n) is 11.3. The molecule has 0 N–H and O–H groups in total. The van der Waals surface area contributed by atoms with Crippen molar-refractivity contribution in [3.63, 3.8) is 0 Å². The molecular weight excluding hydrogens is 326 g/mol. The highest BCUT2D eigenvalue weighted by Gasteiger charge is 2.57. The number of likely N-dealkylation sites (tertiary alicyclic amines) is 1. The summed E-state index contributed by atoms with van der Waals surface area (Å²) in [5.41, 5.74) is 6.96. The fraction of sp³-hybridized carbons (Fsp3) is 0.538. The number of fused-ring (bicyclic) bond motifs is 3. The van der Waals surface area contributed by atoms with Gasteiger partial charge in [-0.2, -0.15) is 0 Å². The van der Waals surface area contributed by atoms with Crippen molar-refractivity contribution in [2.24, 2.45) is 5.92 Å². The number of benzene rings is 2. The highest BCUT2D eigenvalue weighted by atomic mass is 15.2. The van der Waals surface area contributed by atoms with E-state index < -0.39 is 0 Å². The standard InChI is InChI=1S/C26H31N/c1-2-9-19(8-1)10-7-15-27-17-25-21-12-4-3-11-20(21)23-16-26(25,18-27)24-14-6-5-13-22(23)24/h3-6,11-14,19,23,25H,1-2,7-10,15-18H2. The molecule has 1 heteroatoms. The molecule has 2 aromatic rings. The van der Waals surface area contributed by atoms with Crippen molar-refractivity contribution in [2.75, 3.05) is 19.6 Å². The summed E-state index contributed by atoms with van der Waals surface area (Å²) in [6, 6.07) is 18.8. The van der Waals surface area contributed by atoms with Crippen LogP contribution in [0.15, 0.2) is 48.5 Å². The molecule has 27 heavy (non-hydrogen) atoms. The summed E-state index contributed by atoms with van der Waals surface area (Å²) in [5.74, 6) is 2.36. The molecule has 1 spiro atoms. The first-order valence-corrected chi connectivity index (χ1v) is 11.3. The lowest BCUT2D eigenvalue weighted by molar-refractivity contribution is 0.290. The molecule has 2 bridgehead atoms. The fourth-order valence-corrected chi connectivity index (χ4v) is 7.22. The number of rotatable bonds is 4. The lowest BCUT2D eigenvalue weighted by Gasteiger charge is -2.37. The van der Waals surface area contributed by atoms with Gasteiger partial charge in [0.05, 0.1) is 0 Å². The van der Waals surface area contributed by atoms with Crippen LogP contribution in [0.1, 0.15) is 79.0 Å². The van der Waals surface area contributed by atoms with Crippen molar-refractivity contribution in [3.8, 4) is 0 Å². The van der Waals surface area contributed by atoms with Crippen molar-refractivity contribution in [3.05, 3.63) is 70.8 Å². The molecule has 0 aromatic heterocycles. The number of hydrogen-bond acceptors (Lipinski definition) is 1. The third-order valence-corrected chi connectivity index (χ3v) is 8.36. The Labute approximate surface area is 163 Å². The molecule has 1 saturated heterocycles. The van der Waals surface area contributed by atoms with Gasteiger partial charge < -0.3 is 4.90 Å². The second-order valence-electron chi connectivity index (χ2n) is 9.71. The quantitative estimate of drug-likeness (QED) is 0.664. The largest absolute Gasteiger partial charge is 0.302 e. The van der Waals surface area contributed by atoms with E-state index in [0.29, 0.717) is 17.3 Å². The maximum Gasteiger partial charge on any atom is 0.0173 e. The van der Waals surface area contributed by atoms with Crippen LogP contribution in [-0.2, 0) is 5.41 Å². The predicted octanol–water partition coefficient (Wildman–Crippen LogP) is 5.84. The Morgan fingerprint density at radius 3 is 2.48 bits per heavy atom. The van der Waals surface area contributed by atoms with Crippen molar-refractivity contribution >= 4 is 0 Å². The van der Waals surface area contributed by atoms with E-state index in [1.54, 1.807) is 22.3 Å². The normalized spacial score (nSPS) is 31.7. The van der Waals surface area contributed by atoms with Crippen molar-refractivity contribution in [2.45, 2.75) is 62.2 Å². The minimum Gasteiger partial charge on any atom is -0.302 e. The summed E-state index contributed by atoms with van der Waals surface area (Å²) in [6.07, 6.45) is 10.2. The van der Waals surface area contributed by atoms with Crippen molar-refractivity contribution in [1.82, 2.24) is 4.90 Å². The van der Waals surface area contributed by atoms with E-state index in [4.69, 9.17) is 0 Å². The van der Waals surface area contributed by atoms with Gasteiger partial charge in [-0.3, -0.25) is 0 Å². The van der Waals surface area contributed by atoms with Gasteiger partial charge in [0.15, 0.2) is 0 Å². The van der Waals surface area contributed by atoms with Gasteiger partial charge in [0.25, 0.3) is 0 Å². The molecular formula is C26H31N. The van der Waals surface area contributed by atoms with Crippen LogP contribution in [0.3, 0.4) is 0 Å². The van der Waals surface area contributed by atoms with Gasteiger partial charge in [-0.25, -0.2) is 0 Å². The Balaban J connectivity index is 1.30. The highest BCUT2D eigenvalue weighted by Crippen LogP contribution is 2.63. The SMILES string of the molecule is c1ccc2c(c1)C1CC3(CN(CCCC4CCCC4)CC23)c2ccccc21. The van der Waals surface area contributed by atoms with Crippen LogP contribution in [0.25, 0.3) is 0 Å². The van der Waals surface area contributed by atoms with E-state index in [1.807, 2.05) is 0 Å². The van der Waals surface area contributed by atoms with E-state index >= 15 is 0 Å². The summed E-state index contributed by atoms with van der Waals surface area (Å²) in [7, 11) is 0. The van der Waals surface area contributed by atoms with E-state index in [0.717, 1.165) is 5.92 Å². The Hall–Kier alpha value is -1.60. The van der Waals surface area contributed by atoms with Gasteiger partial charge in [-0.15, -0.1) is 0 Å². The van der Waals surface area contributed by atoms with Crippen LogP contribution < -0.4 is 0 Å². The van der Waals surface area contributed by atoms with Crippen molar-refractivity contribution < 1.29 is 0 Å². The Morgan fingerprint density at radius 1 is 0.889 bits per heavy atom. The Bertz CT molecular complexity index is 838. The van der Waals surface area contributed by atoms with E-state index in [9.17, 15) is 0 Å². The highest BCUT2D eigenvalue weighted by molar-refractivity contribution is 5.58. The molecule has 6 rings (SSSR count). The van der Waals surface area contributed by atoms with Crippen LogP contribution in [0, 0.1) is 5.92 Å². The van der Waals surface area contributed by atoms with Crippen LogP contribution >= 0.6 is 0 Å². The van der Waals surface area contributed by atoms with Crippen LogP contribution in [0.5, 0.6) is 0 Å². The monoisotopic (exact) mass is 357 g/mol. The number of hydrogen-bond donors (Lipinski definition) is 0. The molecule has 1 saturated carbocycles. The molecule has 3 unspecified atom stereocenters. The molecule has 1 heterocycles. The summed E-state index contributed by atoms with van der Waals surface area (Å²) < 4.78 is 0. The van der Waals surface area contributed by atoms with Gasteiger partial charge >= 0.3 is 0 Å². The molecule has 0 radical (unpaired) electrons. The average Bonchev–Trinajstić information content (AvgIpc) is 3.41. The van der Waals surface area contributed by atoms with E-state index in [2.05, 4.69) is 53.4 Å². The number of nitrogens with zero attached hydrogens (tertiary/aromatic N) is 1. The minimum absolute atomic E-state index is 0.378. The molecule has 1 aliphatic heterocycles. The molecule has 3 atom stereocenters. The second-order valence-corrected chi connectivity index (χ2v) is 9.71. The summed E-state index contributed by atoms with van der Waals surface area (Å²) in [6.45, 7) is 3.86. The van der Waals surface area contributed by atoms with Crippen LogP contribution in [0.4, 0.5) is 0 Å². The van der Waals surface area contributed by atoms with E-state index in [1.165, 1.54) is 64.6 Å². The molecule has 2 fully saturated rings. The van der Waals surface area contributed by atoms with E-state index in [-0.39, 0.29) is 0 Å². The lowest BCUT2D eigenvalue weighted by Crippen LogP contribution is -2.35. The second kappa shape index (κ2) is 6.21. The van der Waals surface area contributed by atoms with Crippen LogP contribution in [0.2, 0.25) is 0 Å². The van der Waals surface area contributed by atoms with Gasteiger partial charge in [0.2, 0.25) is 0 Å². The minimum atomic E-state index is 0.378. The first kappa shape index (κ1) is 16.4. The summed E-state index contributed by atoms with van der Waals surface area (Å²) in [5, 5.41) is 0. The van der Waals surface area contributed by atoms with Gasteiger partial charge in [-0.1, -0.05) is 74.2 Å². The fourth-order valence-electron chi connectivity index (χ4n) is 7.22. The van der Waals surface area contributed by atoms with Crippen molar-refractivity contribution in [1.29, 1.82) is 0 Å². The summed E-state index contributed by atoms with van der Waals surface area (Å²) in [4.78, 5) is 2.82. The van der Waals surface area contributed by atoms with Gasteiger partial charge in [0.1, 0.15) is 0 Å². The maximum atomic E-state index is 2.82. The zero-order valence-corrected chi connectivity index (χ0v) is 16.4. The van der Waals surface area contributed by atoms with Gasteiger partial charge in [0, 0.05) is 30.3 Å². The predicted molar refractivity (Wildman–Crippen MR) is 111 cm³/mol. The molecule has 0 amide bonds. The third kappa shape index (κ3) is 2.40. The average molecular weight is 358 g/mol. The molecule has 3 aliphatic carbocycles. The summed E-state index contributed by atoms with van der Waals surface area (Å²) >= 11 is 0. The Kier molecular flexibility index (Phi) is 3.76. The lowest BCUT2D eigenvalue weighted by atomic mass is 9.65. The molecule has 4 aliphatic rings. The van der Waals surface area contributed by atoms with Crippen LogP contribution in [-0.4, -0.2) is 24.5 Å². The molecule has 2 aromatic carbocycles.